The first-order valence-electron chi connectivity index (χ1n) is 7.63. The molecule has 20 heavy (non-hydrogen) atoms. The number of nitrogens with zero attached hydrogens (tertiary/aromatic N) is 1. The fourth-order valence-electron chi connectivity index (χ4n) is 3.06. The van der Waals surface area contributed by atoms with Crippen LogP contribution in [0.3, 0.4) is 0 Å². The molecule has 0 bridgehead atoms. The number of rotatable bonds is 3. The first-order chi connectivity index (χ1) is 9.54. The summed E-state index contributed by atoms with van der Waals surface area (Å²) in [5, 5.41) is 25.3. The number of likely N-dealkylation sites (tertiary alicyclic amines) is 1. The highest BCUT2D eigenvalue weighted by Crippen LogP contribution is 2.24. The predicted molar refractivity (Wildman–Crippen MR) is 76.4 cm³/mol. The zero-order valence-corrected chi connectivity index (χ0v) is 12.2. The lowest BCUT2D eigenvalue weighted by Gasteiger charge is -2.32. The summed E-state index contributed by atoms with van der Waals surface area (Å²) in [5.41, 5.74) is 0. The van der Waals surface area contributed by atoms with E-state index in [1.807, 2.05) is 0 Å². The Morgan fingerprint density at radius 3 is 2.60 bits per heavy atom. The standard InChI is InChI=1S/C14H27N3O3/c1-17-6-4-11(5-7-17)16-14(20)15-9-10-8-12(18)2-3-13(10)19/h10-13,18-19H,2-9H2,1H3,(H2,15,16,20)/t10?,12?,13-/m0/s1. The van der Waals surface area contributed by atoms with Crippen LogP contribution in [-0.2, 0) is 0 Å². The van der Waals surface area contributed by atoms with Gasteiger partial charge in [-0.05, 0) is 52.2 Å². The molecule has 0 radical (unpaired) electrons. The van der Waals surface area contributed by atoms with Crippen molar-refractivity contribution < 1.29 is 15.0 Å². The predicted octanol–water partition coefficient (Wildman–Crippen LogP) is -0.0983. The van der Waals surface area contributed by atoms with Gasteiger partial charge in [-0.3, -0.25) is 0 Å². The molecule has 1 aliphatic heterocycles. The second-order valence-corrected chi connectivity index (χ2v) is 6.23. The van der Waals surface area contributed by atoms with Crippen molar-refractivity contribution in [2.75, 3.05) is 26.7 Å². The maximum atomic E-state index is 11.8. The highest BCUT2D eigenvalue weighted by Gasteiger charge is 2.28. The second-order valence-electron chi connectivity index (χ2n) is 6.23. The van der Waals surface area contributed by atoms with Crippen LogP contribution in [0.1, 0.15) is 32.1 Å². The summed E-state index contributed by atoms with van der Waals surface area (Å²) in [6.07, 6.45) is 3.03. The van der Waals surface area contributed by atoms with Gasteiger partial charge in [-0.1, -0.05) is 0 Å². The molecule has 1 saturated heterocycles. The Bertz CT molecular complexity index is 319. The van der Waals surface area contributed by atoms with Gasteiger partial charge in [0.25, 0.3) is 0 Å². The van der Waals surface area contributed by atoms with Gasteiger partial charge in [0.15, 0.2) is 0 Å². The van der Waals surface area contributed by atoms with Crippen LogP contribution in [0.5, 0.6) is 0 Å². The summed E-state index contributed by atoms with van der Waals surface area (Å²) >= 11 is 0. The molecule has 0 aromatic heterocycles. The van der Waals surface area contributed by atoms with Crippen molar-refractivity contribution in [1.82, 2.24) is 15.5 Å². The molecule has 0 spiro atoms. The minimum absolute atomic E-state index is 0.0398. The van der Waals surface area contributed by atoms with E-state index in [-0.39, 0.29) is 24.1 Å². The average molecular weight is 285 g/mol. The van der Waals surface area contributed by atoms with E-state index in [0.717, 1.165) is 25.9 Å². The number of hydrogen-bond acceptors (Lipinski definition) is 4. The van der Waals surface area contributed by atoms with Crippen molar-refractivity contribution in [1.29, 1.82) is 0 Å². The third-order valence-electron chi connectivity index (χ3n) is 4.49. The largest absolute Gasteiger partial charge is 0.393 e. The van der Waals surface area contributed by atoms with E-state index >= 15 is 0 Å². The van der Waals surface area contributed by atoms with Gasteiger partial charge >= 0.3 is 6.03 Å². The molecule has 1 heterocycles. The second kappa shape index (κ2) is 7.24. The van der Waals surface area contributed by atoms with Gasteiger partial charge in [-0.25, -0.2) is 4.79 Å². The molecule has 2 aliphatic rings. The van der Waals surface area contributed by atoms with E-state index in [2.05, 4.69) is 22.6 Å². The highest BCUT2D eigenvalue weighted by molar-refractivity contribution is 5.74. The number of carbonyl (C=O) groups excluding carboxylic acids is 1. The van der Waals surface area contributed by atoms with Crippen LogP contribution >= 0.6 is 0 Å². The molecular formula is C14H27N3O3. The third-order valence-corrected chi connectivity index (χ3v) is 4.49. The number of carbonyl (C=O) groups is 1. The molecule has 4 N–H and O–H groups in total. The van der Waals surface area contributed by atoms with E-state index < -0.39 is 6.10 Å². The summed E-state index contributed by atoms with van der Waals surface area (Å²) in [4.78, 5) is 14.1. The monoisotopic (exact) mass is 285 g/mol. The summed E-state index contributed by atoms with van der Waals surface area (Å²) in [6.45, 7) is 2.45. The molecule has 0 aromatic carbocycles. The molecule has 3 atom stereocenters. The van der Waals surface area contributed by atoms with E-state index in [9.17, 15) is 15.0 Å². The summed E-state index contributed by atoms with van der Waals surface area (Å²) < 4.78 is 0. The fourth-order valence-corrected chi connectivity index (χ4v) is 3.06. The molecule has 0 aromatic rings. The minimum Gasteiger partial charge on any atom is -0.393 e. The zero-order chi connectivity index (χ0) is 14.5. The van der Waals surface area contributed by atoms with E-state index in [0.29, 0.717) is 25.8 Å². The molecule has 2 rings (SSSR count). The Balaban J connectivity index is 1.66. The minimum atomic E-state index is -0.415. The van der Waals surface area contributed by atoms with Crippen molar-refractivity contribution in [3.63, 3.8) is 0 Å². The smallest absolute Gasteiger partial charge is 0.315 e. The number of hydrogen-bond donors (Lipinski definition) is 4. The number of amides is 2. The van der Waals surface area contributed by atoms with Crippen molar-refractivity contribution in [2.24, 2.45) is 5.92 Å². The van der Waals surface area contributed by atoms with Crippen LogP contribution < -0.4 is 10.6 Å². The molecule has 2 amide bonds. The van der Waals surface area contributed by atoms with E-state index in [1.165, 1.54) is 0 Å². The lowest BCUT2D eigenvalue weighted by Crippen LogP contribution is -2.49. The number of piperidine rings is 1. The lowest BCUT2D eigenvalue weighted by molar-refractivity contribution is 0.00832. The quantitative estimate of drug-likeness (QED) is 0.583. The van der Waals surface area contributed by atoms with E-state index in [4.69, 9.17) is 0 Å². The molecule has 116 valence electrons. The van der Waals surface area contributed by atoms with Gasteiger partial charge in [0.05, 0.1) is 12.2 Å². The molecular weight excluding hydrogens is 258 g/mol. The van der Waals surface area contributed by atoms with Gasteiger partial charge in [0.1, 0.15) is 0 Å². The number of nitrogens with one attached hydrogen (secondary N) is 2. The van der Waals surface area contributed by atoms with Crippen molar-refractivity contribution >= 4 is 6.03 Å². The Hall–Kier alpha value is -0.850. The summed E-state index contributed by atoms with van der Waals surface area (Å²) in [6, 6.07) is 0.0832. The first-order valence-corrected chi connectivity index (χ1v) is 7.63. The van der Waals surface area contributed by atoms with Crippen LogP contribution in [0.25, 0.3) is 0 Å². The normalized spacial score (nSPS) is 32.9. The third kappa shape index (κ3) is 4.61. The van der Waals surface area contributed by atoms with Crippen LogP contribution in [0.2, 0.25) is 0 Å². The molecule has 2 fully saturated rings. The van der Waals surface area contributed by atoms with Crippen molar-refractivity contribution in [2.45, 2.75) is 50.4 Å². The van der Waals surface area contributed by atoms with E-state index in [1.54, 1.807) is 0 Å². The van der Waals surface area contributed by atoms with Crippen LogP contribution in [0.15, 0.2) is 0 Å². The average Bonchev–Trinajstić information content (AvgIpc) is 2.42. The molecule has 1 aliphatic carbocycles. The van der Waals surface area contributed by atoms with Gasteiger partial charge in [-0.15, -0.1) is 0 Å². The topological polar surface area (TPSA) is 84.8 Å². The number of aliphatic hydroxyl groups excluding tert-OH is 2. The summed E-state index contributed by atoms with van der Waals surface area (Å²) in [5.74, 6) is -0.0398. The SMILES string of the molecule is CN1CCC(NC(=O)NCC2CC(O)CC[C@@H]2O)CC1. The molecule has 1 saturated carbocycles. The Kier molecular flexibility index (Phi) is 5.63. The van der Waals surface area contributed by atoms with Gasteiger partial charge in [0.2, 0.25) is 0 Å². The van der Waals surface area contributed by atoms with Crippen LogP contribution in [-0.4, -0.2) is 66.1 Å². The Labute approximate surface area is 120 Å². The molecule has 6 nitrogen and oxygen atoms in total. The zero-order valence-electron chi connectivity index (χ0n) is 12.2. The highest BCUT2D eigenvalue weighted by atomic mass is 16.3. The number of urea groups is 1. The Morgan fingerprint density at radius 1 is 1.20 bits per heavy atom. The maximum absolute atomic E-state index is 11.8. The first kappa shape index (κ1) is 15.5. The van der Waals surface area contributed by atoms with Gasteiger partial charge < -0.3 is 25.7 Å². The molecule has 2 unspecified atom stereocenters. The number of aliphatic hydroxyl groups is 2. The Morgan fingerprint density at radius 2 is 1.90 bits per heavy atom. The van der Waals surface area contributed by atoms with Gasteiger partial charge in [-0.2, -0.15) is 0 Å². The van der Waals surface area contributed by atoms with Crippen LogP contribution in [0.4, 0.5) is 4.79 Å². The summed E-state index contributed by atoms with van der Waals surface area (Å²) in [7, 11) is 2.09. The fraction of sp³-hybridized carbons (Fsp3) is 0.929. The molecule has 6 heteroatoms. The van der Waals surface area contributed by atoms with Crippen molar-refractivity contribution in [3.8, 4) is 0 Å². The van der Waals surface area contributed by atoms with Crippen LogP contribution in [0, 0.1) is 5.92 Å². The maximum Gasteiger partial charge on any atom is 0.315 e. The van der Waals surface area contributed by atoms with Crippen molar-refractivity contribution in [3.05, 3.63) is 0 Å². The van der Waals surface area contributed by atoms with Gasteiger partial charge in [0, 0.05) is 18.5 Å². The lowest BCUT2D eigenvalue weighted by atomic mass is 9.85.